The van der Waals surface area contributed by atoms with Crippen molar-refractivity contribution in [2.75, 3.05) is 0 Å². The van der Waals surface area contributed by atoms with E-state index in [1.54, 1.807) is 43.1 Å². The lowest BCUT2D eigenvalue weighted by molar-refractivity contribution is 0.0947. The van der Waals surface area contributed by atoms with Crippen LogP contribution in [0.2, 0.25) is 0 Å². The Morgan fingerprint density at radius 1 is 1.14 bits per heavy atom. The first-order chi connectivity index (χ1) is 10.3. The van der Waals surface area contributed by atoms with Crippen LogP contribution in [0.4, 0.5) is 0 Å². The molecular formula is C16H13N3O2. The molecule has 0 saturated carbocycles. The Morgan fingerprint density at radius 2 is 2.10 bits per heavy atom. The fraction of sp³-hybridized carbons (Fsp3) is 0.0625. The monoisotopic (exact) mass is 279 g/mol. The summed E-state index contributed by atoms with van der Waals surface area (Å²) in [7, 11) is 0. The lowest BCUT2D eigenvalue weighted by atomic mass is 10.1. The molecule has 0 aliphatic rings. The van der Waals surface area contributed by atoms with Crippen molar-refractivity contribution in [3.8, 4) is 11.3 Å². The van der Waals surface area contributed by atoms with Crippen LogP contribution in [-0.2, 0) is 6.54 Å². The number of hydrogen-bond acceptors (Lipinski definition) is 4. The Bertz CT molecular complexity index is 707. The van der Waals surface area contributed by atoms with Crippen LogP contribution in [-0.4, -0.2) is 15.9 Å². The maximum atomic E-state index is 12.0. The second-order valence-corrected chi connectivity index (χ2v) is 4.44. The van der Waals surface area contributed by atoms with Crippen LogP contribution >= 0.6 is 0 Å². The number of nitrogens with zero attached hydrogens (tertiary/aromatic N) is 2. The summed E-state index contributed by atoms with van der Waals surface area (Å²) in [5.74, 6) is 0.528. The Labute approximate surface area is 121 Å². The van der Waals surface area contributed by atoms with Crippen molar-refractivity contribution in [3.05, 3.63) is 72.6 Å². The maximum Gasteiger partial charge on any atom is 0.253 e. The minimum absolute atomic E-state index is 0.184. The molecule has 3 aromatic heterocycles. The Hall–Kier alpha value is -2.95. The van der Waals surface area contributed by atoms with Gasteiger partial charge in [0.15, 0.2) is 0 Å². The molecular weight excluding hydrogens is 266 g/mol. The number of rotatable bonds is 4. The van der Waals surface area contributed by atoms with Gasteiger partial charge in [-0.05, 0) is 36.4 Å². The fourth-order valence-electron chi connectivity index (χ4n) is 1.90. The highest BCUT2D eigenvalue weighted by Gasteiger charge is 2.07. The van der Waals surface area contributed by atoms with E-state index >= 15 is 0 Å². The smallest absolute Gasteiger partial charge is 0.253 e. The summed E-state index contributed by atoms with van der Waals surface area (Å²) in [5.41, 5.74) is 2.21. The third-order valence-electron chi connectivity index (χ3n) is 2.99. The molecule has 0 atom stereocenters. The molecule has 5 heteroatoms. The van der Waals surface area contributed by atoms with Gasteiger partial charge in [-0.3, -0.25) is 14.8 Å². The molecule has 21 heavy (non-hydrogen) atoms. The van der Waals surface area contributed by atoms with Crippen LogP contribution in [0, 0.1) is 0 Å². The van der Waals surface area contributed by atoms with Gasteiger partial charge in [0.25, 0.3) is 5.91 Å². The standard InChI is InChI=1S/C16H13N3O2/c20-16(19-11-14-4-2-8-21-14)13-5-6-15(18-10-13)12-3-1-7-17-9-12/h1-10H,11H2,(H,19,20). The summed E-state index contributed by atoms with van der Waals surface area (Å²) in [6.07, 6.45) is 6.57. The molecule has 0 fully saturated rings. The number of hydrogen-bond donors (Lipinski definition) is 1. The zero-order valence-electron chi connectivity index (χ0n) is 11.2. The van der Waals surface area contributed by atoms with E-state index < -0.39 is 0 Å². The second-order valence-electron chi connectivity index (χ2n) is 4.44. The molecule has 3 rings (SSSR count). The van der Waals surface area contributed by atoms with Gasteiger partial charge in [0.1, 0.15) is 5.76 Å². The number of carbonyl (C=O) groups excluding carboxylic acids is 1. The molecule has 0 aliphatic carbocycles. The van der Waals surface area contributed by atoms with Gasteiger partial charge >= 0.3 is 0 Å². The lowest BCUT2D eigenvalue weighted by Gasteiger charge is -2.04. The highest BCUT2D eigenvalue weighted by Crippen LogP contribution is 2.15. The molecule has 0 aliphatic heterocycles. The van der Waals surface area contributed by atoms with Crippen molar-refractivity contribution in [2.45, 2.75) is 6.54 Å². The average Bonchev–Trinajstić information content (AvgIpc) is 3.07. The van der Waals surface area contributed by atoms with Crippen molar-refractivity contribution < 1.29 is 9.21 Å². The van der Waals surface area contributed by atoms with Crippen molar-refractivity contribution in [1.82, 2.24) is 15.3 Å². The Kier molecular flexibility index (Phi) is 3.73. The molecule has 3 aromatic rings. The summed E-state index contributed by atoms with van der Waals surface area (Å²) in [4.78, 5) is 20.3. The summed E-state index contributed by atoms with van der Waals surface area (Å²) < 4.78 is 5.16. The zero-order valence-corrected chi connectivity index (χ0v) is 11.2. The number of nitrogens with one attached hydrogen (secondary N) is 1. The number of furan rings is 1. The van der Waals surface area contributed by atoms with Gasteiger partial charge in [0.05, 0.1) is 24.1 Å². The van der Waals surface area contributed by atoms with Gasteiger partial charge in [0, 0.05) is 24.2 Å². The van der Waals surface area contributed by atoms with E-state index in [9.17, 15) is 4.79 Å². The first-order valence-electron chi connectivity index (χ1n) is 6.50. The van der Waals surface area contributed by atoms with Gasteiger partial charge in [0.2, 0.25) is 0 Å². The highest BCUT2D eigenvalue weighted by atomic mass is 16.3. The van der Waals surface area contributed by atoms with Crippen LogP contribution < -0.4 is 5.32 Å². The molecule has 0 unspecified atom stereocenters. The van der Waals surface area contributed by atoms with E-state index in [0.717, 1.165) is 11.3 Å². The average molecular weight is 279 g/mol. The summed E-state index contributed by atoms with van der Waals surface area (Å²) in [6, 6.07) is 10.9. The third kappa shape index (κ3) is 3.14. The molecule has 0 spiro atoms. The largest absolute Gasteiger partial charge is 0.467 e. The molecule has 1 N–H and O–H groups in total. The first kappa shape index (κ1) is 13.1. The first-order valence-corrected chi connectivity index (χ1v) is 6.50. The number of amides is 1. The predicted octanol–water partition coefficient (Wildman–Crippen LogP) is 2.67. The van der Waals surface area contributed by atoms with E-state index in [2.05, 4.69) is 15.3 Å². The summed E-state index contributed by atoms with van der Waals surface area (Å²) in [5, 5.41) is 2.78. The fourth-order valence-corrected chi connectivity index (χ4v) is 1.90. The number of aromatic nitrogens is 2. The minimum atomic E-state index is -0.184. The number of pyridine rings is 2. The van der Waals surface area contributed by atoms with Crippen LogP contribution in [0.5, 0.6) is 0 Å². The summed E-state index contributed by atoms with van der Waals surface area (Å²) in [6.45, 7) is 0.357. The van der Waals surface area contributed by atoms with E-state index in [4.69, 9.17) is 4.42 Å². The second kappa shape index (κ2) is 6.00. The molecule has 0 bridgehead atoms. The van der Waals surface area contributed by atoms with Crippen LogP contribution in [0.3, 0.4) is 0 Å². The van der Waals surface area contributed by atoms with Gasteiger partial charge in [-0.2, -0.15) is 0 Å². The van der Waals surface area contributed by atoms with Gasteiger partial charge < -0.3 is 9.73 Å². The quantitative estimate of drug-likeness (QED) is 0.797. The SMILES string of the molecule is O=C(NCc1ccco1)c1ccc(-c2cccnc2)nc1. The zero-order chi connectivity index (χ0) is 14.5. The maximum absolute atomic E-state index is 12.0. The highest BCUT2D eigenvalue weighted by molar-refractivity contribution is 5.94. The third-order valence-corrected chi connectivity index (χ3v) is 2.99. The van der Waals surface area contributed by atoms with E-state index in [-0.39, 0.29) is 5.91 Å². The Morgan fingerprint density at radius 3 is 2.76 bits per heavy atom. The van der Waals surface area contributed by atoms with Crippen molar-refractivity contribution in [1.29, 1.82) is 0 Å². The minimum Gasteiger partial charge on any atom is -0.467 e. The van der Waals surface area contributed by atoms with E-state index in [1.165, 1.54) is 0 Å². The van der Waals surface area contributed by atoms with Gasteiger partial charge in [-0.25, -0.2) is 0 Å². The van der Waals surface area contributed by atoms with Crippen molar-refractivity contribution in [2.24, 2.45) is 0 Å². The van der Waals surface area contributed by atoms with Gasteiger partial charge in [-0.1, -0.05) is 0 Å². The van der Waals surface area contributed by atoms with Gasteiger partial charge in [-0.15, -0.1) is 0 Å². The van der Waals surface area contributed by atoms with E-state index in [0.29, 0.717) is 17.9 Å². The van der Waals surface area contributed by atoms with Crippen LogP contribution in [0.15, 0.2) is 65.7 Å². The topological polar surface area (TPSA) is 68.0 Å². The Balaban J connectivity index is 1.67. The van der Waals surface area contributed by atoms with Crippen LogP contribution in [0.25, 0.3) is 11.3 Å². The van der Waals surface area contributed by atoms with Crippen LogP contribution in [0.1, 0.15) is 16.1 Å². The number of carbonyl (C=O) groups is 1. The lowest BCUT2D eigenvalue weighted by Crippen LogP contribution is -2.22. The molecule has 0 aromatic carbocycles. The van der Waals surface area contributed by atoms with Crippen molar-refractivity contribution >= 4 is 5.91 Å². The molecule has 5 nitrogen and oxygen atoms in total. The molecule has 1 amide bonds. The molecule has 0 saturated heterocycles. The van der Waals surface area contributed by atoms with Crippen molar-refractivity contribution in [3.63, 3.8) is 0 Å². The molecule has 0 radical (unpaired) electrons. The predicted molar refractivity (Wildman–Crippen MR) is 77.3 cm³/mol. The normalized spacial score (nSPS) is 10.3. The summed E-state index contributed by atoms with van der Waals surface area (Å²) >= 11 is 0. The molecule has 104 valence electrons. The molecule has 3 heterocycles. The van der Waals surface area contributed by atoms with E-state index in [1.807, 2.05) is 18.2 Å².